The smallest absolute Gasteiger partial charge is 0.228 e. The molecule has 20 heavy (non-hydrogen) atoms. The van der Waals surface area contributed by atoms with Crippen LogP contribution in [0.1, 0.15) is 22.8 Å². The van der Waals surface area contributed by atoms with E-state index >= 15 is 0 Å². The quantitative estimate of drug-likeness (QED) is 0.865. The number of Topliss-reactive ketones (excluding diaryl/α,β-unsaturated/α-hetero) is 1. The van der Waals surface area contributed by atoms with Crippen LogP contribution in [0.5, 0.6) is 0 Å². The molecule has 0 radical (unpaired) electrons. The lowest BCUT2D eigenvalue weighted by Crippen LogP contribution is -2.14. The lowest BCUT2D eigenvalue weighted by Gasteiger charge is -2.07. The van der Waals surface area contributed by atoms with Gasteiger partial charge in [-0.15, -0.1) is 0 Å². The van der Waals surface area contributed by atoms with E-state index in [0.717, 1.165) is 10.0 Å². The van der Waals surface area contributed by atoms with Crippen molar-refractivity contribution in [1.29, 1.82) is 0 Å². The maximum absolute atomic E-state index is 12.0. The molecule has 1 N–H and O–H groups in total. The predicted octanol–water partition coefficient (Wildman–Crippen LogP) is 3.83. The van der Waals surface area contributed by atoms with Crippen LogP contribution in [0.3, 0.4) is 0 Å². The van der Waals surface area contributed by atoms with Crippen LogP contribution in [0, 0.1) is 0 Å². The Morgan fingerprint density at radius 1 is 1.05 bits per heavy atom. The number of amides is 1. The second-order valence-corrected chi connectivity index (χ2v) is 5.30. The molecule has 0 aliphatic carbocycles. The van der Waals surface area contributed by atoms with Gasteiger partial charge in [-0.05, 0) is 42.8 Å². The number of ketones is 1. The second-order valence-electron chi connectivity index (χ2n) is 4.45. The van der Waals surface area contributed by atoms with Gasteiger partial charge in [-0.1, -0.05) is 34.1 Å². The van der Waals surface area contributed by atoms with Crippen LogP contribution in [0.2, 0.25) is 0 Å². The molecule has 0 aliphatic rings. The van der Waals surface area contributed by atoms with E-state index in [0.29, 0.717) is 17.7 Å². The van der Waals surface area contributed by atoms with Gasteiger partial charge in [0, 0.05) is 15.7 Å². The minimum atomic E-state index is -0.0903. The molecule has 0 spiro atoms. The number of carbonyl (C=O) groups is 2. The highest BCUT2D eigenvalue weighted by atomic mass is 79.9. The van der Waals surface area contributed by atoms with E-state index in [9.17, 15) is 9.59 Å². The van der Waals surface area contributed by atoms with E-state index in [1.165, 1.54) is 6.92 Å². The number of anilines is 1. The zero-order valence-corrected chi connectivity index (χ0v) is 12.6. The summed E-state index contributed by atoms with van der Waals surface area (Å²) in [5, 5.41) is 2.81. The van der Waals surface area contributed by atoms with Gasteiger partial charge in [-0.2, -0.15) is 0 Å². The Labute approximate surface area is 126 Å². The highest BCUT2D eigenvalue weighted by molar-refractivity contribution is 9.10. The molecule has 0 aliphatic heterocycles. The average molecular weight is 332 g/mol. The molecule has 0 saturated heterocycles. The third-order valence-electron chi connectivity index (χ3n) is 2.88. The van der Waals surface area contributed by atoms with Crippen molar-refractivity contribution < 1.29 is 9.59 Å². The number of hydrogen-bond acceptors (Lipinski definition) is 2. The Balaban J connectivity index is 2.01. The molecule has 102 valence electrons. The fraction of sp³-hybridized carbons (Fsp3) is 0.125. The summed E-state index contributed by atoms with van der Waals surface area (Å²) in [6.07, 6.45) is 0.301. The van der Waals surface area contributed by atoms with Gasteiger partial charge >= 0.3 is 0 Å². The van der Waals surface area contributed by atoms with Crippen molar-refractivity contribution in [3.05, 3.63) is 64.1 Å². The third kappa shape index (κ3) is 3.78. The summed E-state index contributed by atoms with van der Waals surface area (Å²) in [6.45, 7) is 1.51. The number of hydrogen-bond donors (Lipinski definition) is 1. The van der Waals surface area contributed by atoms with Crippen LogP contribution >= 0.6 is 15.9 Å². The van der Waals surface area contributed by atoms with E-state index in [2.05, 4.69) is 21.2 Å². The third-order valence-corrected chi connectivity index (χ3v) is 3.66. The summed E-state index contributed by atoms with van der Waals surface area (Å²) in [5.74, 6) is -0.0800. The summed E-state index contributed by atoms with van der Waals surface area (Å²) in [4.78, 5) is 23.1. The van der Waals surface area contributed by atoms with Crippen LogP contribution in [0.25, 0.3) is 0 Å². The molecule has 3 nitrogen and oxygen atoms in total. The standard InChI is InChI=1S/C16H14BrNO2/c1-11(19)12-6-8-14(9-7-12)18-16(20)10-13-4-2-3-5-15(13)17/h2-9H,10H2,1H3,(H,18,20). The van der Waals surface area contributed by atoms with Crippen LogP contribution in [-0.2, 0) is 11.2 Å². The first kappa shape index (κ1) is 14.5. The predicted molar refractivity (Wildman–Crippen MR) is 82.9 cm³/mol. The summed E-state index contributed by atoms with van der Waals surface area (Å²) in [6, 6.07) is 14.5. The Kier molecular flexibility index (Phi) is 4.69. The first-order valence-corrected chi connectivity index (χ1v) is 7.00. The maximum Gasteiger partial charge on any atom is 0.228 e. The molecular formula is C16H14BrNO2. The van der Waals surface area contributed by atoms with E-state index < -0.39 is 0 Å². The number of benzene rings is 2. The lowest BCUT2D eigenvalue weighted by atomic mass is 10.1. The Morgan fingerprint density at radius 2 is 1.70 bits per heavy atom. The SMILES string of the molecule is CC(=O)c1ccc(NC(=O)Cc2ccccc2Br)cc1. The topological polar surface area (TPSA) is 46.2 Å². The fourth-order valence-corrected chi connectivity index (χ4v) is 2.23. The fourth-order valence-electron chi connectivity index (χ4n) is 1.81. The van der Waals surface area contributed by atoms with E-state index in [1.807, 2.05) is 24.3 Å². The Bertz CT molecular complexity index is 635. The number of carbonyl (C=O) groups excluding carboxylic acids is 2. The first-order valence-electron chi connectivity index (χ1n) is 6.20. The van der Waals surface area contributed by atoms with Gasteiger partial charge in [0.2, 0.25) is 5.91 Å². The minimum absolute atomic E-state index is 0.0103. The molecule has 0 heterocycles. The summed E-state index contributed by atoms with van der Waals surface area (Å²) in [7, 11) is 0. The molecule has 2 aromatic carbocycles. The van der Waals surface area contributed by atoms with E-state index in [1.54, 1.807) is 24.3 Å². The summed E-state index contributed by atoms with van der Waals surface area (Å²) in [5.41, 5.74) is 2.26. The van der Waals surface area contributed by atoms with E-state index in [4.69, 9.17) is 0 Å². The molecule has 0 unspecified atom stereocenters. The van der Waals surface area contributed by atoms with Crippen molar-refractivity contribution >= 4 is 33.3 Å². The molecule has 0 aromatic heterocycles. The van der Waals surface area contributed by atoms with Gasteiger partial charge < -0.3 is 5.32 Å². The van der Waals surface area contributed by atoms with Crippen molar-refractivity contribution in [2.75, 3.05) is 5.32 Å². The largest absolute Gasteiger partial charge is 0.326 e. The van der Waals surface area contributed by atoms with Crippen molar-refractivity contribution in [2.24, 2.45) is 0 Å². The number of halogens is 1. The van der Waals surface area contributed by atoms with Crippen molar-refractivity contribution in [1.82, 2.24) is 0 Å². The van der Waals surface area contributed by atoms with Crippen LogP contribution < -0.4 is 5.32 Å². The normalized spacial score (nSPS) is 10.1. The van der Waals surface area contributed by atoms with E-state index in [-0.39, 0.29) is 11.7 Å². The molecule has 0 atom stereocenters. The number of nitrogens with one attached hydrogen (secondary N) is 1. The lowest BCUT2D eigenvalue weighted by molar-refractivity contribution is -0.115. The Hall–Kier alpha value is -1.94. The molecule has 1 amide bonds. The minimum Gasteiger partial charge on any atom is -0.326 e. The van der Waals surface area contributed by atoms with Crippen molar-refractivity contribution in [3.8, 4) is 0 Å². The maximum atomic E-state index is 12.0. The van der Waals surface area contributed by atoms with Crippen molar-refractivity contribution in [3.63, 3.8) is 0 Å². The molecular weight excluding hydrogens is 318 g/mol. The average Bonchev–Trinajstić information content (AvgIpc) is 2.42. The van der Waals surface area contributed by atoms with Gasteiger partial charge in [0.05, 0.1) is 6.42 Å². The molecule has 2 aromatic rings. The highest BCUT2D eigenvalue weighted by Gasteiger charge is 2.07. The molecule has 4 heteroatoms. The first-order chi connectivity index (χ1) is 9.56. The van der Waals surface area contributed by atoms with Crippen LogP contribution in [0.4, 0.5) is 5.69 Å². The monoisotopic (exact) mass is 331 g/mol. The van der Waals surface area contributed by atoms with Gasteiger partial charge in [0.15, 0.2) is 5.78 Å². The summed E-state index contributed by atoms with van der Waals surface area (Å²) < 4.78 is 0.919. The molecule has 0 fully saturated rings. The van der Waals surface area contributed by atoms with Crippen LogP contribution in [0.15, 0.2) is 53.0 Å². The van der Waals surface area contributed by atoms with Gasteiger partial charge in [-0.3, -0.25) is 9.59 Å². The van der Waals surface area contributed by atoms with Gasteiger partial charge in [0.1, 0.15) is 0 Å². The molecule has 0 saturated carbocycles. The zero-order chi connectivity index (χ0) is 14.5. The summed E-state index contributed by atoms with van der Waals surface area (Å²) >= 11 is 3.42. The Morgan fingerprint density at radius 3 is 2.30 bits per heavy atom. The molecule has 0 bridgehead atoms. The molecule has 2 rings (SSSR count). The second kappa shape index (κ2) is 6.48. The zero-order valence-electron chi connectivity index (χ0n) is 11.0. The van der Waals surface area contributed by atoms with Crippen LogP contribution in [-0.4, -0.2) is 11.7 Å². The highest BCUT2D eigenvalue weighted by Crippen LogP contribution is 2.17. The number of rotatable bonds is 4. The van der Waals surface area contributed by atoms with Gasteiger partial charge in [0.25, 0.3) is 0 Å². The van der Waals surface area contributed by atoms with Crippen molar-refractivity contribution in [2.45, 2.75) is 13.3 Å². The van der Waals surface area contributed by atoms with Gasteiger partial charge in [-0.25, -0.2) is 0 Å².